The second kappa shape index (κ2) is 10.4. The predicted molar refractivity (Wildman–Crippen MR) is 134 cm³/mol. The fourth-order valence-corrected chi connectivity index (χ4v) is 4.46. The molecule has 0 saturated carbocycles. The first kappa shape index (κ1) is 24.0. The number of benzene rings is 2. The molecule has 4 rings (SSSR count). The number of hydrogen-bond acceptors (Lipinski definition) is 5. The lowest BCUT2D eigenvalue weighted by Crippen LogP contribution is -2.55. The lowest BCUT2D eigenvalue weighted by Gasteiger charge is -2.39. The highest BCUT2D eigenvalue weighted by molar-refractivity contribution is 6.35. The molecule has 2 amide bonds. The van der Waals surface area contributed by atoms with Crippen molar-refractivity contribution in [3.8, 4) is 11.3 Å². The second-order valence-corrected chi connectivity index (χ2v) is 8.94. The van der Waals surface area contributed by atoms with Gasteiger partial charge in [-0.05, 0) is 43.2 Å². The fourth-order valence-electron chi connectivity index (χ4n) is 4.19. The average molecular weight is 481 g/mol. The molecule has 2 aromatic carbocycles. The molecule has 1 aromatic heterocycles. The van der Waals surface area contributed by atoms with Crippen LogP contribution in [0.1, 0.15) is 36.2 Å². The molecule has 7 nitrogen and oxygen atoms in total. The van der Waals surface area contributed by atoms with Crippen molar-refractivity contribution in [2.75, 3.05) is 26.2 Å². The Bertz CT molecular complexity index is 1220. The first-order valence-electron chi connectivity index (χ1n) is 11.5. The molecule has 178 valence electrons. The number of piperazine rings is 1. The smallest absolute Gasteiger partial charge is 0.410 e. The van der Waals surface area contributed by atoms with Crippen LogP contribution in [0, 0.1) is 0 Å². The first-order chi connectivity index (χ1) is 16.4. The summed E-state index contributed by atoms with van der Waals surface area (Å²) in [4.78, 5) is 33.8. The highest BCUT2D eigenvalue weighted by Crippen LogP contribution is 2.29. The summed E-state index contributed by atoms with van der Waals surface area (Å²) in [5, 5.41) is 1.36. The lowest BCUT2D eigenvalue weighted by molar-refractivity contribution is 0.0412. The first-order valence-corrected chi connectivity index (χ1v) is 11.9. The van der Waals surface area contributed by atoms with Gasteiger partial charge < -0.3 is 20.3 Å². The van der Waals surface area contributed by atoms with Crippen LogP contribution < -0.4 is 5.73 Å². The number of carbonyl (C=O) groups excluding carboxylic acids is 2. The van der Waals surface area contributed by atoms with Gasteiger partial charge in [-0.15, -0.1) is 0 Å². The van der Waals surface area contributed by atoms with E-state index in [2.05, 4.69) is 0 Å². The van der Waals surface area contributed by atoms with E-state index in [9.17, 15) is 9.59 Å². The van der Waals surface area contributed by atoms with E-state index in [1.54, 1.807) is 21.9 Å². The number of nitrogens with two attached hydrogens (primary N) is 1. The maximum Gasteiger partial charge on any atom is 0.410 e. The lowest BCUT2D eigenvalue weighted by atomic mass is 10.0. The van der Waals surface area contributed by atoms with Crippen molar-refractivity contribution in [2.45, 2.75) is 32.9 Å². The zero-order valence-electron chi connectivity index (χ0n) is 19.5. The summed E-state index contributed by atoms with van der Waals surface area (Å²) in [6.07, 6.45) is 0.455. The minimum absolute atomic E-state index is 0.0937. The number of rotatable bonds is 5. The molecule has 0 spiro atoms. The number of amides is 2. The van der Waals surface area contributed by atoms with E-state index in [0.717, 1.165) is 28.6 Å². The Hall–Kier alpha value is -3.16. The maximum absolute atomic E-state index is 13.3. The molecule has 2 heterocycles. The fraction of sp³-hybridized carbons (Fsp3) is 0.346. The van der Waals surface area contributed by atoms with Crippen LogP contribution in [0.5, 0.6) is 0 Å². The van der Waals surface area contributed by atoms with Gasteiger partial charge in [-0.3, -0.25) is 4.79 Å². The van der Waals surface area contributed by atoms with Gasteiger partial charge in [0.15, 0.2) is 0 Å². The Morgan fingerprint density at radius 1 is 1.18 bits per heavy atom. The Labute approximate surface area is 204 Å². The number of fused-ring (bicyclic) bond motifs is 1. The van der Waals surface area contributed by atoms with Crippen molar-refractivity contribution in [2.24, 2.45) is 5.73 Å². The second-order valence-electron chi connectivity index (χ2n) is 8.53. The van der Waals surface area contributed by atoms with E-state index in [1.165, 1.54) is 0 Å². The van der Waals surface area contributed by atoms with Crippen LogP contribution in [0.3, 0.4) is 0 Å². The van der Waals surface area contributed by atoms with Gasteiger partial charge in [0, 0.05) is 48.7 Å². The zero-order valence-corrected chi connectivity index (χ0v) is 20.2. The summed E-state index contributed by atoms with van der Waals surface area (Å²) >= 11 is 6.56. The summed E-state index contributed by atoms with van der Waals surface area (Å²) in [5.74, 6) is -0.0937. The molecule has 8 heteroatoms. The van der Waals surface area contributed by atoms with Gasteiger partial charge in [-0.2, -0.15) is 0 Å². The number of aromatic nitrogens is 1. The van der Waals surface area contributed by atoms with E-state index in [-0.39, 0.29) is 18.0 Å². The maximum atomic E-state index is 13.3. The molecule has 0 unspecified atom stereocenters. The topological polar surface area (TPSA) is 88.8 Å². The van der Waals surface area contributed by atoms with Crippen molar-refractivity contribution in [3.63, 3.8) is 0 Å². The van der Waals surface area contributed by atoms with Crippen LogP contribution in [-0.2, 0) is 11.3 Å². The molecule has 1 atom stereocenters. The molecule has 1 saturated heterocycles. The summed E-state index contributed by atoms with van der Waals surface area (Å²) < 4.78 is 5.26. The quantitative estimate of drug-likeness (QED) is 0.571. The number of halogens is 1. The van der Waals surface area contributed by atoms with E-state index in [1.807, 2.05) is 50.2 Å². The minimum atomic E-state index is -0.322. The summed E-state index contributed by atoms with van der Waals surface area (Å²) in [6.45, 7) is 6.05. The molecule has 34 heavy (non-hydrogen) atoms. The normalized spacial score (nSPS) is 16.1. The molecule has 2 N–H and O–H groups in total. The molecule has 0 bridgehead atoms. The molecular weight excluding hydrogens is 452 g/mol. The van der Waals surface area contributed by atoms with Crippen LogP contribution in [0.4, 0.5) is 4.79 Å². The van der Waals surface area contributed by atoms with Gasteiger partial charge in [0.2, 0.25) is 0 Å². The number of carbonyl (C=O) groups is 2. The molecule has 3 aromatic rings. The third-order valence-corrected chi connectivity index (χ3v) is 6.36. The van der Waals surface area contributed by atoms with Crippen LogP contribution in [0.25, 0.3) is 22.2 Å². The van der Waals surface area contributed by atoms with E-state index in [4.69, 9.17) is 27.1 Å². The Balaban J connectivity index is 1.56. The van der Waals surface area contributed by atoms with Gasteiger partial charge in [0.05, 0.1) is 22.8 Å². The van der Waals surface area contributed by atoms with Crippen molar-refractivity contribution in [3.05, 3.63) is 64.7 Å². The monoisotopic (exact) mass is 480 g/mol. The van der Waals surface area contributed by atoms with E-state index >= 15 is 0 Å². The van der Waals surface area contributed by atoms with Crippen molar-refractivity contribution < 1.29 is 14.3 Å². The average Bonchev–Trinajstić information content (AvgIpc) is 2.86. The van der Waals surface area contributed by atoms with Crippen molar-refractivity contribution in [1.29, 1.82) is 0 Å². The Morgan fingerprint density at radius 3 is 2.74 bits per heavy atom. The number of ether oxygens (including phenoxy) is 1. The molecule has 0 radical (unpaired) electrons. The van der Waals surface area contributed by atoms with Crippen LogP contribution in [-0.4, -0.2) is 59.1 Å². The van der Waals surface area contributed by atoms with Crippen LogP contribution >= 0.6 is 11.6 Å². The molecule has 1 aliphatic heterocycles. The van der Waals surface area contributed by atoms with E-state index < -0.39 is 0 Å². The van der Waals surface area contributed by atoms with Crippen LogP contribution in [0.2, 0.25) is 5.02 Å². The van der Waals surface area contributed by atoms with Gasteiger partial charge >= 0.3 is 6.09 Å². The van der Waals surface area contributed by atoms with Crippen LogP contribution in [0.15, 0.2) is 48.5 Å². The van der Waals surface area contributed by atoms with Crippen molar-refractivity contribution >= 4 is 34.5 Å². The molecule has 0 aliphatic carbocycles. The van der Waals surface area contributed by atoms with E-state index in [0.29, 0.717) is 48.9 Å². The summed E-state index contributed by atoms with van der Waals surface area (Å²) in [6, 6.07) is 15.0. The van der Waals surface area contributed by atoms with Gasteiger partial charge in [0.1, 0.15) is 0 Å². The summed E-state index contributed by atoms with van der Waals surface area (Å²) in [5.41, 5.74) is 9.63. The molecule has 1 fully saturated rings. The summed E-state index contributed by atoms with van der Waals surface area (Å²) in [7, 11) is 0. The third kappa shape index (κ3) is 5.00. The minimum Gasteiger partial charge on any atom is -0.449 e. The zero-order chi connectivity index (χ0) is 24.2. The standard InChI is InChI=1S/C26H29ClN4O3/c1-3-11-34-26(33)31-10-9-30(16-17(31)2)25(32)20-7-8-21-22(27)14-23(29-24(21)13-20)19-6-4-5-18(12-19)15-28/h4-8,12-14,17H,3,9-11,15-16,28H2,1-2H3/t17-/m1/s1. The predicted octanol–water partition coefficient (Wildman–Crippen LogP) is 4.71. The van der Waals surface area contributed by atoms with Crippen molar-refractivity contribution in [1.82, 2.24) is 14.8 Å². The third-order valence-electron chi connectivity index (χ3n) is 6.04. The highest BCUT2D eigenvalue weighted by atomic mass is 35.5. The molecule has 1 aliphatic rings. The number of nitrogens with zero attached hydrogens (tertiary/aromatic N) is 3. The van der Waals surface area contributed by atoms with Gasteiger partial charge in [-0.25, -0.2) is 9.78 Å². The Morgan fingerprint density at radius 2 is 2.00 bits per heavy atom. The Kier molecular flexibility index (Phi) is 7.34. The van der Waals surface area contributed by atoms with Gasteiger partial charge in [0.25, 0.3) is 5.91 Å². The van der Waals surface area contributed by atoms with Gasteiger partial charge in [-0.1, -0.05) is 42.8 Å². The SMILES string of the molecule is CCCOC(=O)N1CCN(C(=O)c2ccc3c(Cl)cc(-c4cccc(CN)c4)nc3c2)C[C@H]1C. The highest BCUT2D eigenvalue weighted by Gasteiger charge is 2.31. The number of hydrogen-bond donors (Lipinski definition) is 1. The number of pyridine rings is 1. The largest absolute Gasteiger partial charge is 0.449 e. The molecular formula is C26H29ClN4O3.